The number of benzene rings is 1. The summed E-state index contributed by atoms with van der Waals surface area (Å²) in [6.07, 6.45) is 1.38. The van der Waals surface area contributed by atoms with E-state index in [1.165, 1.54) is 14.2 Å². The summed E-state index contributed by atoms with van der Waals surface area (Å²) in [7, 11) is 4.61. The van der Waals surface area contributed by atoms with E-state index in [1.807, 2.05) is 0 Å². The van der Waals surface area contributed by atoms with Crippen LogP contribution in [-0.4, -0.2) is 38.3 Å². The van der Waals surface area contributed by atoms with Gasteiger partial charge in [0.2, 0.25) is 5.91 Å². The van der Waals surface area contributed by atoms with Crippen molar-refractivity contribution in [3.63, 3.8) is 0 Å². The summed E-state index contributed by atoms with van der Waals surface area (Å²) >= 11 is 0. The smallest absolute Gasteiger partial charge is 0.303 e. The van der Waals surface area contributed by atoms with E-state index in [0.29, 0.717) is 30.1 Å². The minimum absolute atomic E-state index is 0.0768. The minimum Gasteiger partial charge on any atom is -0.496 e. The molecule has 0 fully saturated rings. The fourth-order valence-corrected chi connectivity index (χ4v) is 2.09. The maximum absolute atomic E-state index is 11.8. The number of hydrogen-bond donors (Lipinski definition) is 2. The van der Waals surface area contributed by atoms with Crippen molar-refractivity contribution in [3.05, 3.63) is 17.7 Å². The fourth-order valence-electron chi connectivity index (χ4n) is 2.09. The third-order valence-electron chi connectivity index (χ3n) is 3.32. The number of ether oxygens (including phenoxy) is 3. The van der Waals surface area contributed by atoms with Gasteiger partial charge < -0.3 is 24.6 Å². The predicted octanol–water partition coefficient (Wildman–Crippen LogP) is 1.97. The Kier molecular flexibility index (Phi) is 7.73. The van der Waals surface area contributed by atoms with Gasteiger partial charge in [-0.1, -0.05) is 0 Å². The highest BCUT2D eigenvalue weighted by Crippen LogP contribution is 2.33. The first-order chi connectivity index (χ1) is 11.0. The molecule has 0 aliphatic heterocycles. The molecule has 1 aromatic rings. The highest BCUT2D eigenvalue weighted by molar-refractivity contribution is 5.76. The molecule has 0 spiro atoms. The standard InChI is InChI=1S/C16H23NO6/c1-21-11-8-13(22-2)12(14(9-11)23-3)10-17-15(18)6-4-5-7-16(19)20/h8-9H,4-7,10H2,1-3H3,(H,17,18)(H,19,20). The number of rotatable bonds is 10. The lowest BCUT2D eigenvalue weighted by molar-refractivity contribution is -0.137. The van der Waals surface area contributed by atoms with E-state index in [9.17, 15) is 9.59 Å². The summed E-state index contributed by atoms with van der Waals surface area (Å²) in [5, 5.41) is 11.3. The molecule has 0 bridgehead atoms. The Morgan fingerprint density at radius 3 is 2.04 bits per heavy atom. The monoisotopic (exact) mass is 325 g/mol. The van der Waals surface area contributed by atoms with Gasteiger partial charge in [-0.25, -0.2) is 0 Å². The molecule has 7 heteroatoms. The molecule has 2 N–H and O–H groups in total. The van der Waals surface area contributed by atoms with Gasteiger partial charge in [0.1, 0.15) is 17.2 Å². The van der Waals surface area contributed by atoms with Gasteiger partial charge in [0.05, 0.1) is 33.4 Å². The third kappa shape index (κ3) is 6.06. The van der Waals surface area contributed by atoms with E-state index in [-0.39, 0.29) is 25.3 Å². The van der Waals surface area contributed by atoms with Crippen LogP contribution in [0.2, 0.25) is 0 Å². The van der Waals surface area contributed by atoms with Gasteiger partial charge in [-0.2, -0.15) is 0 Å². The van der Waals surface area contributed by atoms with Gasteiger partial charge in [-0.05, 0) is 12.8 Å². The van der Waals surface area contributed by atoms with Crippen molar-refractivity contribution < 1.29 is 28.9 Å². The maximum Gasteiger partial charge on any atom is 0.303 e. The van der Waals surface area contributed by atoms with Crippen LogP contribution in [0.1, 0.15) is 31.2 Å². The molecule has 0 heterocycles. The van der Waals surface area contributed by atoms with Crippen LogP contribution in [0.4, 0.5) is 0 Å². The second-order valence-corrected chi connectivity index (χ2v) is 4.89. The Balaban J connectivity index is 2.62. The number of hydrogen-bond acceptors (Lipinski definition) is 5. The molecule has 0 aliphatic rings. The van der Waals surface area contributed by atoms with Crippen molar-refractivity contribution in [1.29, 1.82) is 0 Å². The van der Waals surface area contributed by atoms with E-state index >= 15 is 0 Å². The van der Waals surface area contributed by atoms with Gasteiger partial charge in [0, 0.05) is 25.0 Å². The van der Waals surface area contributed by atoms with E-state index in [2.05, 4.69) is 5.32 Å². The molecule has 0 saturated carbocycles. The normalized spacial score (nSPS) is 10.0. The SMILES string of the molecule is COc1cc(OC)c(CNC(=O)CCCCC(=O)O)c(OC)c1. The van der Waals surface area contributed by atoms with Crippen molar-refractivity contribution in [1.82, 2.24) is 5.32 Å². The number of carboxylic acids is 1. The van der Waals surface area contributed by atoms with Gasteiger partial charge >= 0.3 is 5.97 Å². The second-order valence-electron chi connectivity index (χ2n) is 4.89. The number of carboxylic acid groups (broad SMARTS) is 1. The molecule has 1 rings (SSSR count). The molecule has 0 saturated heterocycles. The first-order valence-electron chi connectivity index (χ1n) is 7.29. The van der Waals surface area contributed by atoms with Crippen LogP contribution in [0.15, 0.2) is 12.1 Å². The Bertz CT molecular complexity index is 518. The highest BCUT2D eigenvalue weighted by atomic mass is 16.5. The lowest BCUT2D eigenvalue weighted by Gasteiger charge is -2.15. The Labute approximate surface area is 135 Å². The molecule has 0 radical (unpaired) electrons. The lowest BCUT2D eigenvalue weighted by atomic mass is 10.1. The molecule has 1 aromatic carbocycles. The quantitative estimate of drug-likeness (QED) is 0.639. The number of amides is 1. The Morgan fingerprint density at radius 2 is 1.57 bits per heavy atom. The van der Waals surface area contributed by atoms with E-state index in [4.69, 9.17) is 19.3 Å². The number of methoxy groups -OCH3 is 3. The molecule has 7 nitrogen and oxygen atoms in total. The molecular weight excluding hydrogens is 302 g/mol. The predicted molar refractivity (Wildman–Crippen MR) is 84.0 cm³/mol. The Hall–Kier alpha value is -2.44. The van der Waals surface area contributed by atoms with Gasteiger partial charge in [-0.15, -0.1) is 0 Å². The molecule has 1 amide bonds. The lowest BCUT2D eigenvalue weighted by Crippen LogP contribution is -2.23. The molecule has 0 atom stereocenters. The van der Waals surface area contributed by atoms with Crippen LogP contribution in [0, 0.1) is 0 Å². The summed E-state index contributed by atoms with van der Waals surface area (Å²) in [5.41, 5.74) is 0.717. The minimum atomic E-state index is -0.849. The summed E-state index contributed by atoms with van der Waals surface area (Å²) in [6, 6.07) is 3.44. The molecule has 23 heavy (non-hydrogen) atoms. The van der Waals surface area contributed by atoms with Crippen LogP contribution in [-0.2, 0) is 16.1 Å². The molecule has 0 aromatic heterocycles. The summed E-state index contributed by atoms with van der Waals surface area (Å²) in [4.78, 5) is 22.2. The van der Waals surface area contributed by atoms with E-state index < -0.39 is 5.97 Å². The van der Waals surface area contributed by atoms with Crippen LogP contribution in [0.25, 0.3) is 0 Å². The van der Waals surface area contributed by atoms with Crippen LogP contribution in [0.3, 0.4) is 0 Å². The molecular formula is C16H23NO6. The largest absolute Gasteiger partial charge is 0.496 e. The van der Waals surface area contributed by atoms with Gasteiger partial charge in [0.25, 0.3) is 0 Å². The van der Waals surface area contributed by atoms with Crippen LogP contribution >= 0.6 is 0 Å². The zero-order valence-electron chi connectivity index (χ0n) is 13.7. The number of carbonyl (C=O) groups is 2. The van der Waals surface area contributed by atoms with Crippen molar-refractivity contribution in [2.75, 3.05) is 21.3 Å². The van der Waals surface area contributed by atoms with Gasteiger partial charge in [0.15, 0.2) is 0 Å². The molecule has 128 valence electrons. The number of unbranched alkanes of at least 4 members (excludes halogenated alkanes) is 1. The third-order valence-corrected chi connectivity index (χ3v) is 3.32. The van der Waals surface area contributed by atoms with Crippen molar-refractivity contribution in [2.45, 2.75) is 32.2 Å². The zero-order chi connectivity index (χ0) is 17.2. The summed E-state index contributed by atoms with van der Waals surface area (Å²) < 4.78 is 15.8. The van der Waals surface area contributed by atoms with Gasteiger partial charge in [-0.3, -0.25) is 9.59 Å². The second kappa shape index (κ2) is 9.55. The van der Waals surface area contributed by atoms with Crippen LogP contribution < -0.4 is 19.5 Å². The number of aliphatic carboxylic acids is 1. The Morgan fingerprint density at radius 1 is 1.00 bits per heavy atom. The van der Waals surface area contributed by atoms with E-state index in [1.54, 1.807) is 19.2 Å². The summed E-state index contributed by atoms with van der Waals surface area (Å²) in [6.45, 7) is 0.258. The fraction of sp³-hybridized carbons (Fsp3) is 0.500. The molecule has 0 aliphatic carbocycles. The van der Waals surface area contributed by atoms with Crippen molar-refractivity contribution in [2.24, 2.45) is 0 Å². The average Bonchev–Trinajstić information content (AvgIpc) is 2.55. The zero-order valence-corrected chi connectivity index (χ0v) is 13.7. The molecule has 0 unspecified atom stereocenters. The number of nitrogens with one attached hydrogen (secondary N) is 1. The summed E-state index contributed by atoms with van der Waals surface area (Å²) in [5.74, 6) is 0.732. The maximum atomic E-state index is 11.8. The first-order valence-corrected chi connectivity index (χ1v) is 7.29. The van der Waals surface area contributed by atoms with Crippen molar-refractivity contribution in [3.8, 4) is 17.2 Å². The highest BCUT2D eigenvalue weighted by Gasteiger charge is 2.14. The average molecular weight is 325 g/mol. The van der Waals surface area contributed by atoms with Crippen LogP contribution in [0.5, 0.6) is 17.2 Å². The number of carbonyl (C=O) groups excluding carboxylic acids is 1. The van der Waals surface area contributed by atoms with Crippen molar-refractivity contribution >= 4 is 11.9 Å². The topological polar surface area (TPSA) is 94.1 Å². The first kappa shape index (κ1) is 18.6. The van der Waals surface area contributed by atoms with E-state index in [0.717, 1.165) is 5.56 Å².